The lowest BCUT2D eigenvalue weighted by molar-refractivity contribution is 0.282. The van der Waals surface area contributed by atoms with Gasteiger partial charge in [0, 0.05) is 13.1 Å². The van der Waals surface area contributed by atoms with Crippen molar-refractivity contribution in [1.29, 1.82) is 0 Å². The van der Waals surface area contributed by atoms with E-state index in [4.69, 9.17) is 21.7 Å². The van der Waals surface area contributed by atoms with Gasteiger partial charge in [-0.05, 0) is 49.1 Å². The van der Waals surface area contributed by atoms with Crippen LogP contribution in [0.15, 0.2) is 42.5 Å². The van der Waals surface area contributed by atoms with Gasteiger partial charge in [-0.2, -0.15) is 0 Å². The van der Waals surface area contributed by atoms with Crippen LogP contribution in [0.25, 0.3) is 0 Å². The maximum atomic E-state index is 13.1. The molecule has 3 nitrogen and oxygen atoms in total. The fraction of sp³-hybridized carbons (Fsp3) is 0.350. The Kier molecular flexibility index (Phi) is 5.87. The summed E-state index contributed by atoms with van der Waals surface area (Å²) in [6.07, 6.45) is 3.58. The second-order valence-electron chi connectivity index (χ2n) is 6.10. The summed E-state index contributed by atoms with van der Waals surface area (Å²) in [5, 5.41) is 0. The summed E-state index contributed by atoms with van der Waals surface area (Å²) < 4.78 is 24.6. The summed E-state index contributed by atoms with van der Waals surface area (Å²) in [5.74, 6) is 1.04. The topological polar surface area (TPSA) is 21.7 Å². The van der Waals surface area contributed by atoms with Gasteiger partial charge in [0.05, 0.1) is 12.7 Å². The van der Waals surface area contributed by atoms with Crippen LogP contribution in [0.2, 0.25) is 0 Å². The Balaban J connectivity index is 1.83. The number of thiocarbonyl (C=S) groups is 1. The number of nitrogens with zero attached hydrogens (tertiary/aromatic N) is 1. The number of piperidine rings is 1. The molecule has 1 aliphatic rings. The van der Waals surface area contributed by atoms with E-state index in [0.29, 0.717) is 18.1 Å². The lowest BCUT2D eigenvalue weighted by Crippen LogP contribution is -2.35. The summed E-state index contributed by atoms with van der Waals surface area (Å²) in [6, 6.07) is 12.1. The van der Waals surface area contributed by atoms with E-state index in [1.165, 1.54) is 18.6 Å². The van der Waals surface area contributed by atoms with Crippen LogP contribution in [0.4, 0.5) is 4.39 Å². The number of methoxy groups -OCH3 is 1. The summed E-state index contributed by atoms with van der Waals surface area (Å²) in [4.78, 5) is 3.03. The van der Waals surface area contributed by atoms with Crippen LogP contribution in [0.1, 0.15) is 30.4 Å². The first-order valence-corrected chi connectivity index (χ1v) is 8.93. The van der Waals surface area contributed by atoms with Crippen LogP contribution in [0.3, 0.4) is 0 Å². The largest absolute Gasteiger partial charge is 0.493 e. The monoisotopic (exact) mass is 359 g/mol. The van der Waals surface area contributed by atoms with Crippen molar-refractivity contribution in [3.05, 3.63) is 59.4 Å². The average molecular weight is 359 g/mol. The van der Waals surface area contributed by atoms with Crippen LogP contribution in [0.5, 0.6) is 11.5 Å². The smallest absolute Gasteiger partial charge is 0.171 e. The number of likely N-dealkylation sites (tertiary alicyclic amines) is 1. The van der Waals surface area contributed by atoms with E-state index in [1.807, 2.05) is 18.2 Å². The van der Waals surface area contributed by atoms with Gasteiger partial charge >= 0.3 is 0 Å². The van der Waals surface area contributed by atoms with Gasteiger partial charge < -0.3 is 14.4 Å². The highest BCUT2D eigenvalue weighted by molar-refractivity contribution is 7.80. The van der Waals surface area contributed by atoms with Gasteiger partial charge in [0.15, 0.2) is 11.5 Å². The zero-order valence-electron chi connectivity index (χ0n) is 14.3. The van der Waals surface area contributed by atoms with E-state index >= 15 is 0 Å². The molecule has 2 aromatic rings. The molecule has 0 radical (unpaired) electrons. The summed E-state index contributed by atoms with van der Waals surface area (Å²) in [7, 11) is 1.62. The molecule has 0 aliphatic carbocycles. The van der Waals surface area contributed by atoms with Crippen molar-refractivity contribution in [2.45, 2.75) is 25.9 Å². The third-order valence-electron chi connectivity index (χ3n) is 4.37. The number of halogens is 1. The van der Waals surface area contributed by atoms with Crippen LogP contribution in [0, 0.1) is 5.82 Å². The van der Waals surface area contributed by atoms with Gasteiger partial charge in [-0.15, -0.1) is 0 Å². The standard InChI is InChI=1S/C20H22FNO2S/c1-23-18-7-5-6-17(20(25)22-12-3-2-4-13-22)19(18)24-14-15-8-10-16(21)11-9-15/h5-11H,2-4,12-14H2,1H3. The number of hydrogen-bond donors (Lipinski definition) is 0. The molecule has 0 unspecified atom stereocenters. The summed E-state index contributed by atoms with van der Waals surface area (Å²) in [5.41, 5.74) is 1.76. The first kappa shape index (κ1) is 17.7. The van der Waals surface area contributed by atoms with Gasteiger partial charge in [-0.3, -0.25) is 0 Å². The van der Waals surface area contributed by atoms with Crippen LogP contribution in [-0.2, 0) is 6.61 Å². The minimum atomic E-state index is -0.256. The van der Waals surface area contributed by atoms with Gasteiger partial charge in [0.25, 0.3) is 0 Å². The Hall–Kier alpha value is -2.14. The molecule has 1 fully saturated rings. The molecular weight excluding hydrogens is 337 g/mol. The van der Waals surface area contributed by atoms with Gasteiger partial charge in [0.2, 0.25) is 0 Å². The van der Waals surface area contributed by atoms with Crippen molar-refractivity contribution in [1.82, 2.24) is 4.90 Å². The number of hydrogen-bond acceptors (Lipinski definition) is 3. The molecule has 0 aromatic heterocycles. The number of para-hydroxylation sites is 1. The van der Waals surface area contributed by atoms with E-state index in [9.17, 15) is 4.39 Å². The molecule has 5 heteroatoms. The van der Waals surface area contributed by atoms with Crippen molar-refractivity contribution >= 4 is 17.2 Å². The average Bonchev–Trinajstić information content (AvgIpc) is 2.67. The normalized spacial score (nSPS) is 14.2. The fourth-order valence-electron chi connectivity index (χ4n) is 3.00. The first-order valence-electron chi connectivity index (χ1n) is 8.52. The Bertz CT molecular complexity index is 727. The maximum Gasteiger partial charge on any atom is 0.171 e. The maximum absolute atomic E-state index is 13.1. The van der Waals surface area contributed by atoms with E-state index < -0.39 is 0 Å². The number of rotatable bonds is 5. The molecular formula is C20H22FNO2S. The molecule has 132 valence electrons. The second kappa shape index (κ2) is 8.30. The van der Waals surface area contributed by atoms with Crippen LogP contribution < -0.4 is 9.47 Å². The van der Waals surface area contributed by atoms with Gasteiger partial charge in [-0.25, -0.2) is 4.39 Å². The fourth-order valence-corrected chi connectivity index (χ4v) is 3.34. The highest BCUT2D eigenvalue weighted by atomic mass is 32.1. The molecule has 0 amide bonds. The van der Waals surface area contributed by atoms with Crippen molar-refractivity contribution in [3.63, 3.8) is 0 Å². The van der Waals surface area contributed by atoms with E-state index in [2.05, 4.69) is 4.90 Å². The molecule has 2 aromatic carbocycles. The Morgan fingerprint density at radius 3 is 2.48 bits per heavy atom. The SMILES string of the molecule is COc1cccc(C(=S)N2CCCCC2)c1OCc1ccc(F)cc1. The summed E-state index contributed by atoms with van der Waals surface area (Å²) >= 11 is 5.72. The Morgan fingerprint density at radius 1 is 1.08 bits per heavy atom. The van der Waals surface area contributed by atoms with Gasteiger partial charge in [0.1, 0.15) is 17.4 Å². The predicted molar refractivity (Wildman–Crippen MR) is 101 cm³/mol. The number of ether oxygens (including phenoxy) is 2. The number of benzene rings is 2. The highest BCUT2D eigenvalue weighted by Crippen LogP contribution is 2.33. The Labute approximate surface area is 153 Å². The Morgan fingerprint density at radius 2 is 1.80 bits per heavy atom. The zero-order valence-corrected chi connectivity index (χ0v) is 15.2. The molecule has 0 saturated carbocycles. The van der Waals surface area contributed by atoms with Crippen molar-refractivity contribution in [2.75, 3.05) is 20.2 Å². The summed E-state index contributed by atoms with van der Waals surface area (Å²) in [6.45, 7) is 2.29. The van der Waals surface area contributed by atoms with Crippen LogP contribution in [-0.4, -0.2) is 30.1 Å². The quantitative estimate of drug-likeness (QED) is 0.729. The molecule has 0 bridgehead atoms. The highest BCUT2D eigenvalue weighted by Gasteiger charge is 2.20. The molecule has 0 atom stereocenters. The van der Waals surface area contributed by atoms with Crippen molar-refractivity contribution in [3.8, 4) is 11.5 Å². The molecule has 0 spiro atoms. The van der Waals surface area contributed by atoms with Gasteiger partial charge in [-0.1, -0.05) is 30.4 Å². The van der Waals surface area contributed by atoms with E-state index in [-0.39, 0.29) is 5.82 Å². The lowest BCUT2D eigenvalue weighted by atomic mass is 10.1. The van der Waals surface area contributed by atoms with E-state index in [0.717, 1.165) is 42.0 Å². The molecule has 3 rings (SSSR count). The predicted octanol–water partition coefficient (Wildman–Crippen LogP) is 4.57. The second-order valence-corrected chi connectivity index (χ2v) is 6.49. The zero-order chi connectivity index (χ0) is 17.6. The minimum absolute atomic E-state index is 0.256. The molecule has 1 saturated heterocycles. The lowest BCUT2D eigenvalue weighted by Gasteiger charge is -2.30. The van der Waals surface area contributed by atoms with Crippen molar-refractivity contribution < 1.29 is 13.9 Å². The van der Waals surface area contributed by atoms with E-state index in [1.54, 1.807) is 19.2 Å². The third-order valence-corrected chi connectivity index (χ3v) is 4.85. The molecule has 25 heavy (non-hydrogen) atoms. The molecule has 1 heterocycles. The third kappa shape index (κ3) is 4.28. The minimum Gasteiger partial charge on any atom is -0.493 e. The van der Waals surface area contributed by atoms with Crippen molar-refractivity contribution in [2.24, 2.45) is 0 Å². The van der Waals surface area contributed by atoms with Crippen LogP contribution >= 0.6 is 12.2 Å². The molecule has 0 N–H and O–H groups in total. The molecule has 1 aliphatic heterocycles. The first-order chi connectivity index (χ1) is 12.2.